The Hall–Kier alpha value is -2.10. The molecule has 0 atom stereocenters. The zero-order chi connectivity index (χ0) is 12.8. The Morgan fingerprint density at radius 3 is 1.31 bits per heavy atom. The van der Waals surface area contributed by atoms with Crippen LogP contribution in [0, 0.1) is 0 Å². The summed E-state index contributed by atoms with van der Waals surface area (Å²) in [6.07, 6.45) is 5.23. The van der Waals surface area contributed by atoms with Crippen LogP contribution in [0.4, 0.5) is 0 Å². The fourth-order valence-corrected chi connectivity index (χ4v) is 0.400. The molecule has 0 aliphatic heterocycles. The highest BCUT2D eigenvalue weighted by molar-refractivity contribution is 5.81. The molecule has 4 nitrogen and oxygen atoms in total. The number of hydrogen-bond donors (Lipinski definition) is 0. The van der Waals surface area contributed by atoms with Crippen LogP contribution < -0.4 is 0 Å². The van der Waals surface area contributed by atoms with Crippen LogP contribution in [0.25, 0.3) is 0 Å². The largest absolute Gasteiger partial charge is 0.458 e. The van der Waals surface area contributed by atoms with Crippen molar-refractivity contribution < 1.29 is 19.1 Å². The second-order valence-electron chi connectivity index (χ2n) is 2.25. The van der Waals surface area contributed by atoms with Crippen molar-refractivity contribution in [2.45, 2.75) is 0 Å². The van der Waals surface area contributed by atoms with Crippen LogP contribution in [0.15, 0.2) is 50.6 Å². The molecule has 4 heteroatoms. The monoisotopic (exact) mass is 224 g/mol. The highest BCUT2D eigenvalue weighted by Gasteiger charge is 1.88. The van der Waals surface area contributed by atoms with Gasteiger partial charge in [-0.05, 0) is 0 Å². The van der Waals surface area contributed by atoms with Gasteiger partial charge in [0.1, 0.15) is 13.2 Å². The van der Waals surface area contributed by atoms with Gasteiger partial charge in [0.15, 0.2) is 0 Å². The molecular weight excluding hydrogens is 208 g/mol. The standard InChI is InChI=1S/2C6H8O2/c2*1-3-5-8-6(7)4-2/h2*3-4H,1-2,5H2. The van der Waals surface area contributed by atoms with Gasteiger partial charge < -0.3 is 9.47 Å². The summed E-state index contributed by atoms with van der Waals surface area (Å²) in [5, 5.41) is 0. The molecule has 0 fully saturated rings. The molecule has 0 aromatic heterocycles. The average Bonchev–Trinajstić information content (AvgIpc) is 2.33. The van der Waals surface area contributed by atoms with Crippen molar-refractivity contribution in [3.05, 3.63) is 50.6 Å². The first kappa shape index (κ1) is 16.3. The number of hydrogen-bond acceptors (Lipinski definition) is 4. The molecule has 0 saturated carbocycles. The first-order valence-electron chi connectivity index (χ1n) is 4.42. The smallest absolute Gasteiger partial charge is 0.330 e. The lowest BCUT2D eigenvalue weighted by molar-refractivity contribution is -0.137. The highest BCUT2D eigenvalue weighted by Crippen LogP contribution is 1.77. The van der Waals surface area contributed by atoms with E-state index >= 15 is 0 Å². The topological polar surface area (TPSA) is 52.6 Å². The van der Waals surface area contributed by atoms with E-state index in [2.05, 4.69) is 35.8 Å². The van der Waals surface area contributed by atoms with Crippen LogP contribution in [0.1, 0.15) is 0 Å². The number of esters is 2. The third-order valence-corrected chi connectivity index (χ3v) is 1.02. The lowest BCUT2D eigenvalue weighted by Crippen LogP contribution is -1.98. The average molecular weight is 224 g/mol. The lowest BCUT2D eigenvalue weighted by atomic mass is 10.6. The van der Waals surface area contributed by atoms with E-state index in [4.69, 9.17) is 0 Å². The van der Waals surface area contributed by atoms with Gasteiger partial charge in [-0.3, -0.25) is 0 Å². The fraction of sp³-hybridized carbons (Fsp3) is 0.167. The van der Waals surface area contributed by atoms with Gasteiger partial charge in [0.2, 0.25) is 0 Å². The van der Waals surface area contributed by atoms with Gasteiger partial charge in [-0.25, -0.2) is 9.59 Å². The maximum Gasteiger partial charge on any atom is 0.330 e. The molecule has 0 amide bonds. The minimum absolute atomic E-state index is 0.255. The maximum atomic E-state index is 10.2. The molecule has 0 unspecified atom stereocenters. The molecule has 0 heterocycles. The van der Waals surface area contributed by atoms with Crippen molar-refractivity contribution in [1.82, 2.24) is 0 Å². The van der Waals surface area contributed by atoms with E-state index in [1.807, 2.05) is 0 Å². The summed E-state index contributed by atoms with van der Waals surface area (Å²) < 4.78 is 8.93. The van der Waals surface area contributed by atoms with Gasteiger partial charge in [0, 0.05) is 12.2 Å². The quantitative estimate of drug-likeness (QED) is 0.392. The van der Waals surface area contributed by atoms with Gasteiger partial charge in [-0.2, -0.15) is 0 Å². The minimum Gasteiger partial charge on any atom is -0.458 e. The fourth-order valence-electron chi connectivity index (χ4n) is 0.400. The van der Waals surface area contributed by atoms with Gasteiger partial charge in [0.25, 0.3) is 0 Å². The predicted octanol–water partition coefficient (Wildman–Crippen LogP) is 1.80. The molecule has 88 valence electrons. The summed E-state index contributed by atoms with van der Waals surface area (Å²) in [7, 11) is 0. The molecule has 0 aromatic rings. The summed E-state index contributed by atoms with van der Waals surface area (Å²) >= 11 is 0. The van der Waals surface area contributed by atoms with Crippen LogP contribution in [-0.2, 0) is 19.1 Å². The van der Waals surface area contributed by atoms with Crippen molar-refractivity contribution >= 4 is 11.9 Å². The SMILES string of the molecule is C=CCOC(=O)C=C.C=CCOC(=O)C=C. The number of ether oxygens (including phenoxy) is 2. The van der Waals surface area contributed by atoms with Crippen LogP contribution in [0.2, 0.25) is 0 Å². The van der Waals surface area contributed by atoms with Crippen molar-refractivity contribution in [3.8, 4) is 0 Å². The molecule has 0 aliphatic rings. The zero-order valence-electron chi connectivity index (χ0n) is 9.19. The van der Waals surface area contributed by atoms with Gasteiger partial charge in [-0.15, -0.1) is 0 Å². The van der Waals surface area contributed by atoms with Crippen LogP contribution in [0.3, 0.4) is 0 Å². The van der Waals surface area contributed by atoms with E-state index in [0.717, 1.165) is 12.2 Å². The van der Waals surface area contributed by atoms with E-state index in [1.54, 1.807) is 0 Å². The second-order valence-corrected chi connectivity index (χ2v) is 2.25. The van der Waals surface area contributed by atoms with Crippen LogP contribution in [-0.4, -0.2) is 25.2 Å². The molecule has 16 heavy (non-hydrogen) atoms. The van der Waals surface area contributed by atoms with Gasteiger partial charge >= 0.3 is 11.9 Å². The Balaban J connectivity index is 0. The van der Waals surface area contributed by atoms with E-state index in [1.165, 1.54) is 12.2 Å². The molecule has 0 spiro atoms. The summed E-state index contributed by atoms with van der Waals surface area (Å²) in [5.74, 6) is -0.824. The summed E-state index contributed by atoms with van der Waals surface area (Å²) in [6.45, 7) is 13.6. The first-order valence-corrected chi connectivity index (χ1v) is 4.42. The first-order chi connectivity index (χ1) is 7.62. The summed E-state index contributed by atoms with van der Waals surface area (Å²) in [6, 6.07) is 0. The minimum atomic E-state index is -0.412. The molecule has 0 radical (unpaired) electrons. The Morgan fingerprint density at radius 1 is 0.812 bits per heavy atom. The van der Waals surface area contributed by atoms with E-state index in [-0.39, 0.29) is 13.2 Å². The summed E-state index contributed by atoms with van der Waals surface area (Å²) in [5.41, 5.74) is 0. The molecule has 0 N–H and O–H groups in total. The third kappa shape index (κ3) is 14.4. The van der Waals surface area contributed by atoms with Crippen molar-refractivity contribution in [1.29, 1.82) is 0 Å². The van der Waals surface area contributed by atoms with Gasteiger partial charge in [-0.1, -0.05) is 38.5 Å². The van der Waals surface area contributed by atoms with Crippen molar-refractivity contribution in [2.75, 3.05) is 13.2 Å². The Labute approximate surface area is 95.6 Å². The van der Waals surface area contributed by atoms with Crippen molar-refractivity contribution in [2.24, 2.45) is 0 Å². The molecule has 0 rings (SSSR count). The zero-order valence-corrected chi connectivity index (χ0v) is 9.19. The summed E-state index contributed by atoms with van der Waals surface area (Å²) in [4.78, 5) is 20.4. The van der Waals surface area contributed by atoms with E-state index in [9.17, 15) is 9.59 Å². The highest BCUT2D eigenvalue weighted by atomic mass is 16.5. The molecule has 0 bridgehead atoms. The predicted molar refractivity (Wildman–Crippen MR) is 62.7 cm³/mol. The van der Waals surface area contributed by atoms with Crippen LogP contribution in [0.5, 0.6) is 0 Å². The number of carbonyl (C=O) groups excluding carboxylic acids is 2. The molecule has 0 saturated heterocycles. The molecule has 0 aliphatic carbocycles. The van der Waals surface area contributed by atoms with Crippen LogP contribution >= 0.6 is 0 Å². The Bertz CT molecular complexity index is 238. The Morgan fingerprint density at radius 2 is 1.12 bits per heavy atom. The normalized spacial score (nSPS) is 7.50. The lowest BCUT2D eigenvalue weighted by Gasteiger charge is -1.92. The second kappa shape index (κ2) is 12.9. The number of carbonyl (C=O) groups is 2. The van der Waals surface area contributed by atoms with E-state index in [0.29, 0.717) is 0 Å². The molecular formula is C12H16O4. The third-order valence-electron chi connectivity index (χ3n) is 1.02. The maximum absolute atomic E-state index is 10.2. The van der Waals surface area contributed by atoms with Crippen molar-refractivity contribution in [3.63, 3.8) is 0 Å². The van der Waals surface area contributed by atoms with E-state index < -0.39 is 11.9 Å². The van der Waals surface area contributed by atoms with Gasteiger partial charge in [0.05, 0.1) is 0 Å². The Kier molecular flexibility index (Phi) is 13.2. The number of rotatable bonds is 6. The molecule has 0 aromatic carbocycles.